The van der Waals surface area contributed by atoms with Crippen molar-refractivity contribution >= 4 is 39.2 Å². The van der Waals surface area contributed by atoms with E-state index in [0.717, 1.165) is 29.7 Å². The highest BCUT2D eigenvalue weighted by atomic mass is 32.2. The van der Waals surface area contributed by atoms with Gasteiger partial charge in [0, 0.05) is 13.1 Å². The van der Waals surface area contributed by atoms with Gasteiger partial charge in [0.2, 0.25) is 5.91 Å². The lowest BCUT2D eigenvalue weighted by Gasteiger charge is -2.31. The number of rotatable bonds is 5. The minimum Gasteiger partial charge on any atom is -0.342 e. The van der Waals surface area contributed by atoms with Crippen molar-refractivity contribution in [3.63, 3.8) is 0 Å². The number of carbonyl (C=O) groups excluding carboxylic acids is 1. The molecule has 1 aliphatic rings. The number of hydrogen-bond donors (Lipinski definition) is 0. The summed E-state index contributed by atoms with van der Waals surface area (Å²) in [6, 6.07) is 8.28. The molecule has 0 aliphatic heterocycles. The summed E-state index contributed by atoms with van der Waals surface area (Å²) in [5, 5.41) is 2.46. The molecule has 0 spiro atoms. The minimum absolute atomic E-state index is 0.0735. The Morgan fingerprint density at radius 1 is 1.20 bits per heavy atom. The van der Waals surface area contributed by atoms with Crippen LogP contribution >= 0.6 is 23.1 Å². The molecule has 1 amide bonds. The third kappa shape index (κ3) is 4.32. The maximum absolute atomic E-state index is 13.3. The van der Waals surface area contributed by atoms with E-state index in [1.165, 1.54) is 42.4 Å². The fourth-order valence-corrected chi connectivity index (χ4v) is 5.89. The van der Waals surface area contributed by atoms with Crippen molar-refractivity contribution in [1.82, 2.24) is 14.5 Å². The fourth-order valence-electron chi connectivity index (χ4n) is 4.20. The smallest absolute Gasteiger partial charge is 0.276 e. The molecule has 158 valence electrons. The molecule has 0 N–H and O–H groups in total. The van der Waals surface area contributed by atoms with Crippen LogP contribution < -0.4 is 5.56 Å². The molecule has 0 radical (unpaired) electrons. The summed E-state index contributed by atoms with van der Waals surface area (Å²) in [4.78, 5) is 32.8. The van der Waals surface area contributed by atoms with Crippen LogP contribution in [0.3, 0.4) is 0 Å². The number of aromatic nitrogens is 2. The van der Waals surface area contributed by atoms with Crippen LogP contribution in [0.1, 0.15) is 43.2 Å². The van der Waals surface area contributed by atoms with Gasteiger partial charge in [-0.2, -0.15) is 0 Å². The van der Waals surface area contributed by atoms with Crippen LogP contribution in [-0.2, 0) is 4.79 Å². The standard InChI is InChI=1S/C23H27N3O2S2/c1-15-11-16(2)13-18(12-15)26-22(28)21-19(9-10-29-21)24-23(26)30-14-20(27)25(3)17-7-5-4-6-8-17/h9-13,17H,4-8,14H2,1-3H3. The van der Waals surface area contributed by atoms with Crippen molar-refractivity contribution in [3.05, 3.63) is 51.1 Å². The van der Waals surface area contributed by atoms with Gasteiger partial charge in [-0.05, 0) is 61.4 Å². The largest absolute Gasteiger partial charge is 0.342 e. The summed E-state index contributed by atoms with van der Waals surface area (Å²) in [6.45, 7) is 4.04. The molecule has 1 aliphatic carbocycles. The fraction of sp³-hybridized carbons (Fsp3) is 0.435. The summed E-state index contributed by atoms with van der Waals surface area (Å²) < 4.78 is 2.31. The van der Waals surface area contributed by atoms with Gasteiger partial charge in [0.25, 0.3) is 5.56 Å². The van der Waals surface area contributed by atoms with Gasteiger partial charge in [0.1, 0.15) is 4.70 Å². The van der Waals surface area contributed by atoms with Crippen molar-refractivity contribution in [1.29, 1.82) is 0 Å². The Balaban J connectivity index is 1.66. The van der Waals surface area contributed by atoms with Gasteiger partial charge in [0.15, 0.2) is 5.16 Å². The number of thioether (sulfide) groups is 1. The first kappa shape index (κ1) is 21.1. The topological polar surface area (TPSA) is 55.2 Å². The van der Waals surface area contributed by atoms with E-state index in [4.69, 9.17) is 4.98 Å². The van der Waals surface area contributed by atoms with Crippen molar-refractivity contribution in [3.8, 4) is 5.69 Å². The van der Waals surface area contributed by atoms with Gasteiger partial charge < -0.3 is 4.90 Å². The van der Waals surface area contributed by atoms with Crippen molar-refractivity contribution in [2.45, 2.75) is 57.1 Å². The van der Waals surface area contributed by atoms with Crippen molar-refractivity contribution < 1.29 is 4.79 Å². The molecule has 0 atom stereocenters. The number of hydrogen-bond acceptors (Lipinski definition) is 5. The first-order chi connectivity index (χ1) is 14.4. The van der Waals surface area contributed by atoms with Crippen LogP contribution in [0.4, 0.5) is 0 Å². The van der Waals surface area contributed by atoms with E-state index in [1.807, 2.05) is 49.4 Å². The molecular formula is C23H27N3O2S2. The number of benzene rings is 1. The van der Waals surface area contributed by atoms with E-state index >= 15 is 0 Å². The predicted octanol–water partition coefficient (Wildman–Crippen LogP) is 4.95. The normalized spacial score (nSPS) is 14.9. The van der Waals surface area contributed by atoms with Gasteiger partial charge in [-0.3, -0.25) is 14.2 Å². The van der Waals surface area contributed by atoms with Crippen LogP contribution in [0.2, 0.25) is 0 Å². The molecule has 2 heterocycles. The van der Waals surface area contributed by atoms with E-state index in [-0.39, 0.29) is 17.2 Å². The van der Waals surface area contributed by atoms with Crippen LogP contribution in [0, 0.1) is 13.8 Å². The van der Waals surface area contributed by atoms with Gasteiger partial charge in [-0.1, -0.05) is 37.1 Å². The average Bonchev–Trinajstić information content (AvgIpc) is 3.20. The highest BCUT2D eigenvalue weighted by Crippen LogP contribution is 2.26. The Kier molecular flexibility index (Phi) is 6.29. The van der Waals surface area contributed by atoms with Crippen LogP contribution in [-0.4, -0.2) is 39.2 Å². The molecule has 1 fully saturated rings. The van der Waals surface area contributed by atoms with E-state index in [1.54, 1.807) is 4.57 Å². The second kappa shape index (κ2) is 8.94. The summed E-state index contributed by atoms with van der Waals surface area (Å²) in [5.74, 6) is 0.374. The number of carbonyl (C=O) groups is 1. The van der Waals surface area contributed by atoms with E-state index in [9.17, 15) is 9.59 Å². The van der Waals surface area contributed by atoms with Crippen LogP contribution in [0.25, 0.3) is 15.9 Å². The zero-order valence-electron chi connectivity index (χ0n) is 17.7. The Morgan fingerprint density at radius 2 is 1.90 bits per heavy atom. The third-order valence-electron chi connectivity index (χ3n) is 5.75. The molecular weight excluding hydrogens is 414 g/mol. The van der Waals surface area contributed by atoms with Crippen molar-refractivity contribution in [2.75, 3.05) is 12.8 Å². The van der Waals surface area contributed by atoms with Crippen molar-refractivity contribution in [2.24, 2.45) is 0 Å². The van der Waals surface area contributed by atoms with Crippen LogP contribution in [0.5, 0.6) is 0 Å². The molecule has 0 saturated heterocycles. The van der Waals surface area contributed by atoms with E-state index in [0.29, 0.717) is 21.4 Å². The lowest BCUT2D eigenvalue weighted by molar-refractivity contribution is -0.129. The Labute approximate surface area is 185 Å². The Hall–Kier alpha value is -2.12. The molecule has 1 saturated carbocycles. The molecule has 5 nitrogen and oxygen atoms in total. The predicted molar refractivity (Wildman–Crippen MR) is 125 cm³/mol. The highest BCUT2D eigenvalue weighted by Gasteiger charge is 2.23. The highest BCUT2D eigenvalue weighted by molar-refractivity contribution is 7.99. The second-order valence-corrected chi connectivity index (χ2v) is 9.96. The summed E-state index contributed by atoms with van der Waals surface area (Å²) in [5.41, 5.74) is 3.60. The molecule has 2 aromatic heterocycles. The Bertz CT molecular complexity index is 1110. The van der Waals surface area contributed by atoms with Gasteiger partial charge >= 0.3 is 0 Å². The first-order valence-electron chi connectivity index (χ1n) is 10.4. The first-order valence-corrected chi connectivity index (χ1v) is 12.3. The Morgan fingerprint density at radius 3 is 2.60 bits per heavy atom. The van der Waals surface area contributed by atoms with E-state index in [2.05, 4.69) is 6.07 Å². The molecule has 4 rings (SSSR count). The summed E-state index contributed by atoms with van der Waals surface area (Å²) in [7, 11) is 1.91. The number of fused-ring (bicyclic) bond motifs is 1. The minimum atomic E-state index is -0.0735. The molecule has 0 unspecified atom stereocenters. The number of thiophene rings is 1. The molecule has 3 aromatic rings. The van der Waals surface area contributed by atoms with Crippen LogP contribution in [0.15, 0.2) is 39.6 Å². The zero-order valence-corrected chi connectivity index (χ0v) is 19.3. The van der Waals surface area contributed by atoms with E-state index < -0.39 is 0 Å². The van der Waals surface area contributed by atoms with Gasteiger partial charge in [-0.15, -0.1) is 11.3 Å². The average molecular weight is 442 g/mol. The SMILES string of the molecule is Cc1cc(C)cc(-n2c(SCC(=O)N(C)C3CCCCC3)nc3ccsc3c2=O)c1. The number of aryl methyl sites for hydroxylation is 2. The summed E-state index contributed by atoms with van der Waals surface area (Å²) >= 11 is 2.76. The number of amides is 1. The van der Waals surface area contributed by atoms with Gasteiger partial charge in [0.05, 0.1) is 17.0 Å². The molecule has 1 aromatic carbocycles. The zero-order chi connectivity index (χ0) is 21.3. The van der Waals surface area contributed by atoms with Gasteiger partial charge in [-0.25, -0.2) is 4.98 Å². The molecule has 7 heteroatoms. The monoisotopic (exact) mass is 441 g/mol. The molecule has 0 bridgehead atoms. The second-order valence-electron chi connectivity index (χ2n) is 8.10. The summed E-state index contributed by atoms with van der Waals surface area (Å²) in [6.07, 6.45) is 5.81. The lowest BCUT2D eigenvalue weighted by Crippen LogP contribution is -2.39. The maximum atomic E-state index is 13.3. The third-order valence-corrected chi connectivity index (χ3v) is 7.57. The quantitative estimate of drug-likeness (QED) is 0.415. The number of nitrogens with zero attached hydrogens (tertiary/aromatic N) is 3. The molecule has 30 heavy (non-hydrogen) atoms. The maximum Gasteiger partial charge on any atom is 0.276 e. The lowest BCUT2D eigenvalue weighted by atomic mass is 9.94.